The van der Waals surface area contributed by atoms with E-state index in [4.69, 9.17) is 4.74 Å². The number of hydrogen-bond donors (Lipinski definition) is 0. The quantitative estimate of drug-likeness (QED) is 0.843. The van der Waals surface area contributed by atoms with Crippen molar-refractivity contribution in [1.29, 1.82) is 0 Å². The number of anilines is 1. The van der Waals surface area contributed by atoms with E-state index >= 15 is 0 Å². The smallest absolute Gasteiger partial charge is 0.255 e. The fourth-order valence-electron chi connectivity index (χ4n) is 3.13. The zero-order valence-corrected chi connectivity index (χ0v) is 12.0. The Labute approximate surface area is 118 Å². The Kier molecular flexibility index (Phi) is 3.74. The van der Waals surface area contributed by atoms with Gasteiger partial charge in [-0.2, -0.15) is 9.37 Å². The van der Waals surface area contributed by atoms with Gasteiger partial charge in [0.25, 0.3) is 5.88 Å². The molecule has 0 spiro atoms. The summed E-state index contributed by atoms with van der Waals surface area (Å²) < 4.78 is 18.2. The van der Waals surface area contributed by atoms with Crippen LogP contribution in [0.4, 0.5) is 10.3 Å². The van der Waals surface area contributed by atoms with E-state index in [2.05, 4.69) is 26.7 Å². The van der Waals surface area contributed by atoms with Gasteiger partial charge < -0.3 is 9.64 Å². The third-order valence-corrected chi connectivity index (χ3v) is 4.36. The molecule has 0 amide bonds. The number of hydrogen-bond acceptors (Lipinski definition) is 5. The molecule has 0 aromatic carbocycles. The van der Waals surface area contributed by atoms with Crippen molar-refractivity contribution < 1.29 is 9.13 Å². The number of ether oxygens (including phenoxy) is 1. The van der Waals surface area contributed by atoms with Crippen molar-refractivity contribution in [2.24, 2.45) is 0 Å². The fraction of sp³-hybridized carbons (Fsp3) is 0.714. The lowest BCUT2D eigenvalue weighted by atomic mass is 9.98. The minimum atomic E-state index is -0.516. The molecule has 2 fully saturated rings. The minimum absolute atomic E-state index is 0.0183. The molecule has 0 N–H and O–H groups in total. The van der Waals surface area contributed by atoms with Gasteiger partial charge in [-0.25, -0.2) is 4.98 Å². The third-order valence-electron chi connectivity index (χ3n) is 4.36. The normalized spacial score (nSPS) is 24.6. The molecule has 110 valence electrons. The minimum Gasteiger partial charge on any atom is -0.479 e. The van der Waals surface area contributed by atoms with Crippen molar-refractivity contribution >= 4 is 5.95 Å². The van der Waals surface area contributed by atoms with Crippen LogP contribution in [-0.4, -0.2) is 53.7 Å². The Hall–Kier alpha value is -1.43. The highest BCUT2D eigenvalue weighted by molar-refractivity contribution is 5.37. The first-order chi connectivity index (χ1) is 9.69. The second-order valence-electron chi connectivity index (χ2n) is 5.67. The van der Waals surface area contributed by atoms with Gasteiger partial charge in [-0.3, -0.25) is 4.90 Å². The summed E-state index contributed by atoms with van der Waals surface area (Å²) in [6.07, 6.45) is 5.10. The summed E-state index contributed by atoms with van der Waals surface area (Å²) in [5.41, 5.74) is 0. The van der Waals surface area contributed by atoms with Crippen LogP contribution >= 0.6 is 0 Å². The number of piperidine rings is 1. The monoisotopic (exact) mass is 280 g/mol. The van der Waals surface area contributed by atoms with Crippen molar-refractivity contribution in [1.82, 2.24) is 14.9 Å². The summed E-state index contributed by atoms with van der Waals surface area (Å²) >= 11 is 0. The molecule has 6 heteroatoms. The number of halogens is 1. The SMILES string of the molecule is COc1nc(N2CC(N3CCCCC3C)C2)ncc1F. The maximum atomic E-state index is 13.3. The van der Waals surface area contributed by atoms with Crippen molar-refractivity contribution in [3.05, 3.63) is 12.0 Å². The molecule has 1 atom stereocenters. The highest BCUT2D eigenvalue weighted by atomic mass is 19.1. The van der Waals surface area contributed by atoms with Crippen LogP contribution in [0.15, 0.2) is 6.20 Å². The Morgan fingerprint density at radius 2 is 2.15 bits per heavy atom. The van der Waals surface area contributed by atoms with Crippen molar-refractivity contribution in [2.45, 2.75) is 38.3 Å². The number of likely N-dealkylation sites (tertiary alicyclic amines) is 1. The molecule has 1 aromatic heterocycles. The highest BCUT2D eigenvalue weighted by Crippen LogP contribution is 2.27. The second kappa shape index (κ2) is 5.52. The third kappa shape index (κ3) is 2.44. The Morgan fingerprint density at radius 3 is 2.85 bits per heavy atom. The van der Waals surface area contributed by atoms with Gasteiger partial charge in [0.1, 0.15) is 0 Å². The van der Waals surface area contributed by atoms with Gasteiger partial charge in [0, 0.05) is 25.2 Å². The van der Waals surface area contributed by atoms with Crippen LogP contribution in [0.25, 0.3) is 0 Å². The van der Waals surface area contributed by atoms with Crippen molar-refractivity contribution in [3.8, 4) is 5.88 Å². The maximum Gasteiger partial charge on any atom is 0.255 e. The standard InChI is InChI=1S/C14H21FN4O/c1-10-5-3-4-6-19(10)11-8-18(9-11)14-16-7-12(15)13(17-14)20-2/h7,10-11H,3-6,8-9H2,1-2H3. The van der Waals surface area contributed by atoms with Gasteiger partial charge in [0.05, 0.1) is 13.3 Å². The van der Waals surface area contributed by atoms with E-state index in [9.17, 15) is 4.39 Å². The molecule has 0 bridgehead atoms. The Bertz CT molecular complexity index is 478. The van der Waals surface area contributed by atoms with Gasteiger partial charge in [0.2, 0.25) is 11.8 Å². The molecule has 2 saturated heterocycles. The maximum absolute atomic E-state index is 13.3. The van der Waals surface area contributed by atoms with Crippen molar-refractivity contribution in [3.63, 3.8) is 0 Å². The first-order valence-electron chi connectivity index (χ1n) is 7.26. The molecule has 1 aromatic rings. The molecule has 2 aliphatic heterocycles. The van der Waals surface area contributed by atoms with Crippen molar-refractivity contribution in [2.75, 3.05) is 31.6 Å². The summed E-state index contributed by atoms with van der Waals surface area (Å²) in [5.74, 6) is 0.0620. The molecule has 3 heterocycles. The van der Waals surface area contributed by atoms with E-state index in [0.29, 0.717) is 18.0 Å². The highest BCUT2D eigenvalue weighted by Gasteiger charge is 2.36. The van der Waals surface area contributed by atoms with Gasteiger partial charge in [-0.05, 0) is 26.3 Å². The lowest BCUT2D eigenvalue weighted by Crippen LogP contribution is -2.62. The Balaban J connectivity index is 1.62. The van der Waals surface area contributed by atoms with Crippen LogP contribution in [0.3, 0.4) is 0 Å². The average molecular weight is 280 g/mol. The topological polar surface area (TPSA) is 41.5 Å². The number of nitrogens with zero attached hydrogens (tertiary/aromatic N) is 4. The lowest BCUT2D eigenvalue weighted by Gasteiger charge is -2.49. The Morgan fingerprint density at radius 1 is 1.35 bits per heavy atom. The fourth-order valence-corrected chi connectivity index (χ4v) is 3.13. The van der Waals surface area contributed by atoms with E-state index in [1.807, 2.05) is 0 Å². The summed E-state index contributed by atoms with van der Waals surface area (Å²) in [7, 11) is 1.42. The molecule has 20 heavy (non-hydrogen) atoms. The van der Waals surface area contributed by atoms with Gasteiger partial charge >= 0.3 is 0 Å². The zero-order chi connectivity index (χ0) is 14.1. The molecular formula is C14H21FN4O. The second-order valence-corrected chi connectivity index (χ2v) is 5.67. The lowest BCUT2D eigenvalue weighted by molar-refractivity contribution is 0.0868. The zero-order valence-electron chi connectivity index (χ0n) is 12.0. The largest absolute Gasteiger partial charge is 0.479 e. The van der Waals surface area contributed by atoms with Gasteiger partial charge in [0.15, 0.2) is 0 Å². The predicted molar refractivity (Wildman–Crippen MR) is 74.6 cm³/mol. The summed E-state index contributed by atoms with van der Waals surface area (Å²) in [6, 6.07) is 1.24. The van der Waals surface area contributed by atoms with Gasteiger partial charge in [-0.15, -0.1) is 0 Å². The van der Waals surface area contributed by atoms with E-state index in [-0.39, 0.29) is 5.88 Å². The van der Waals surface area contributed by atoms with Crippen LogP contribution < -0.4 is 9.64 Å². The molecule has 3 rings (SSSR count). The molecular weight excluding hydrogens is 259 g/mol. The molecule has 5 nitrogen and oxygen atoms in total. The van der Waals surface area contributed by atoms with Crippen LogP contribution in [-0.2, 0) is 0 Å². The first-order valence-corrected chi connectivity index (χ1v) is 7.26. The molecule has 0 radical (unpaired) electrons. The van der Waals surface area contributed by atoms with E-state index in [1.54, 1.807) is 0 Å². The average Bonchev–Trinajstić information content (AvgIpc) is 2.41. The summed E-state index contributed by atoms with van der Waals surface area (Å²) in [6.45, 7) is 5.32. The van der Waals surface area contributed by atoms with Crippen LogP contribution in [0.5, 0.6) is 5.88 Å². The van der Waals surface area contributed by atoms with Crippen LogP contribution in [0.1, 0.15) is 26.2 Å². The first kappa shape index (κ1) is 13.5. The summed E-state index contributed by atoms with van der Waals surface area (Å²) in [4.78, 5) is 12.8. The molecule has 0 saturated carbocycles. The molecule has 0 aliphatic carbocycles. The number of methoxy groups -OCH3 is 1. The van der Waals surface area contributed by atoms with E-state index < -0.39 is 5.82 Å². The van der Waals surface area contributed by atoms with Crippen LogP contribution in [0, 0.1) is 5.82 Å². The van der Waals surface area contributed by atoms with E-state index in [1.165, 1.54) is 39.1 Å². The number of aromatic nitrogens is 2. The molecule has 2 aliphatic rings. The van der Waals surface area contributed by atoms with Crippen LogP contribution in [0.2, 0.25) is 0 Å². The number of rotatable bonds is 3. The summed E-state index contributed by atoms with van der Waals surface area (Å²) in [5, 5.41) is 0. The van der Waals surface area contributed by atoms with E-state index in [0.717, 1.165) is 13.1 Å². The van der Waals surface area contributed by atoms with Gasteiger partial charge in [-0.1, -0.05) is 6.42 Å². The molecule has 1 unspecified atom stereocenters. The predicted octanol–water partition coefficient (Wildman–Crippen LogP) is 1.69.